The zero-order chi connectivity index (χ0) is 17.6. The van der Waals surface area contributed by atoms with Crippen molar-refractivity contribution in [2.24, 2.45) is 11.8 Å². The Morgan fingerprint density at radius 3 is 2.88 bits per heavy atom. The number of hydrogen-bond acceptors (Lipinski definition) is 4. The van der Waals surface area contributed by atoms with E-state index in [1.54, 1.807) is 0 Å². The highest BCUT2D eigenvalue weighted by atomic mass is 16.6. The first-order chi connectivity index (χ1) is 12.1. The minimum Gasteiger partial charge on any atom is -0.460 e. The van der Waals surface area contributed by atoms with Gasteiger partial charge < -0.3 is 14.4 Å². The van der Waals surface area contributed by atoms with Crippen LogP contribution in [0.4, 0.5) is 0 Å². The summed E-state index contributed by atoms with van der Waals surface area (Å²) in [4.78, 5) is 27.6. The van der Waals surface area contributed by atoms with Crippen LogP contribution >= 0.6 is 0 Å². The Bertz CT molecular complexity index is 716. The van der Waals surface area contributed by atoms with Crippen molar-refractivity contribution in [1.82, 2.24) is 4.90 Å². The van der Waals surface area contributed by atoms with Crippen molar-refractivity contribution in [1.29, 1.82) is 0 Å². The average Bonchev–Trinajstić information content (AvgIpc) is 3.28. The summed E-state index contributed by atoms with van der Waals surface area (Å²) in [6.45, 7) is 4.84. The molecular formula is C20H23NO4. The van der Waals surface area contributed by atoms with Gasteiger partial charge in [-0.3, -0.25) is 9.59 Å². The van der Waals surface area contributed by atoms with Crippen LogP contribution in [0.2, 0.25) is 0 Å². The fourth-order valence-corrected chi connectivity index (χ4v) is 4.22. The first kappa shape index (κ1) is 16.3. The van der Waals surface area contributed by atoms with E-state index in [2.05, 4.69) is 6.92 Å². The summed E-state index contributed by atoms with van der Waals surface area (Å²) in [5, 5.41) is 0. The van der Waals surface area contributed by atoms with Crippen LogP contribution in [0.3, 0.4) is 0 Å². The fourth-order valence-electron chi connectivity index (χ4n) is 4.22. The third-order valence-corrected chi connectivity index (χ3v) is 5.75. The Labute approximate surface area is 147 Å². The molecule has 132 valence electrons. The highest BCUT2D eigenvalue weighted by molar-refractivity contribution is 5.91. The summed E-state index contributed by atoms with van der Waals surface area (Å²) in [6.07, 6.45) is 4.42. The minimum atomic E-state index is -0.651. The lowest BCUT2D eigenvalue weighted by atomic mass is 9.77. The smallest absolute Gasteiger partial charge is 0.313 e. The number of carbonyl (C=O) groups is 2. The number of nitrogens with zero attached hydrogens (tertiary/aromatic N) is 1. The molecule has 5 atom stereocenters. The molecule has 3 heterocycles. The number of likely N-dealkylation sites (tertiary alicyclic amines) is 1. The molecule has 0 N–H and O–H groups in total. The Balaban J connectivity index is 1.52. The Hall–Kier alpha value is -2.14. The van der Waals surface area contributed by atoms with Gasteiger partial charge in [0.05, 0.1) is 18.6 Å². The number of carbonyl (C=O) groups excluding carboxylic acids is 2. The molecule has 0 saturated carbocycles. The lowest BCUT2D eigenvalue weighted by Gasteiger charge is -2.26. The van der Waals surface area contributed by atoms with E-state index in [1.807, 2.05) is 54.3 Å². The largest absolute Gasteiger partial charge is 0.460 e. The number of fused-ring (bicyclic) bond motifs is 1. The normalized spacial score (nSPS) is 33.6. The first-order valence-corrected chi connectivity index (χ1v) is 8.94. The molecule has 25 heavy (non-hydrogen) atoms. The summed E-state index contributed by atoms with van der Waals surface area (Å²) in [6, 6.07) is 9.71. The standard InChI is InChI=1S/C20H23NO4/c1-3-13(2)21-12-20-10-9-15(25-20)16(17(20)18(21)22)19(23)24-11-14-7-5-4-6-8-14/h4-10,13,15-17H,3,11-12H2,1-2H3/t13-,15+,16-,17+,20-/m0/s1. The van der Waals surface area contributed by atoms with Crippen LogP contribution in [-0.4, -0.2) is 41.1 Å². The van der Waals surface area contributed by atoms with Crippen molar-refractivity contribution >= 4 is 11.9 Å². The second kappa shape index (κ2) is 5.99. The van der Waals surface area contributed by atoms with Crippen LogP contribution in [0.5, 0.6) is 0 Å². The number of benzene rings is 1. The van der Waals surface area contributed by atoms with E-state index in [4.69, 9.17) is 9.47 Å². The minimum absolute atomic E-state index is 0.0165. The van der Waals surface area contributed by atoms with E-state index in [0.29, 0.717) is 6.54 Å². The highest BCUT2D eigenvalue weighted by Crippen LogP contribution is 2.52. The molecule has 2 saturated heterocycles. The molecule has 0 unspecified atom stereocenters. The molecule has 5 heteroatoms. The molecule has 1 aromatic carbocycles. The van der Waals surface area contributed by atoms with Crippen molar-refractivity contribution in [3.8, 4) is 0 Å². The molecule has 5 nitrogen and oxygen atoms in total. The predicted molar refractivity (Wildman–Crippen MR) is 91.4 cm³/mol. The molecule has 3 aliphatic rings. The topological polar surface area (TPSA) is 55.8 Å². The molecule has 1 amide bonds. The molecule has 1 spiro atoms. The quantitative estimate of drug-likeness (QED) is 0.609. The molecule has 3 aliphatic heterocycles. The van der Waals surface area contributed by atoms with Crippen LogP contribution in [0.15, 0.2) is 42.5 Å². The van der Waals surface area contributed by atoms with Gasteiger partial charge in [0.1, 0.15) is 18.1 Å². The van der Waals surface area contributed by atoms with Crippen molar-refractivity contribution in [3.63, 3.8) is 0 Å². The lowest BCUT2D eigenvalue weighted by Crippen LogP contribution is -2.41. The van der Waals surface area contributed by atoms with E-state index in [9.17, 15) is 9.59 Å². The maximum atomic E-state index is 13.0. The third-order valence-electron chi connectivity index (χ3n) is 5.75. The van der Waals surface area contributed by atoms with Crippen molar-refractivity contribution < 1.29 is 19.1 Å². The number of amides is 1. The number of hydrogen-bond donors (Lipinski definition) is 0. The lowest BCUT2D eigenvalue weighted by molar-refractivity contribution is -0.155. The van der Waals surface area contributed by atoms with E-state index >= 15 is 0 Å². The van der Waals surface area contributed by atoms with E-state index in [-0.39, 0.29) is 30.6 Å². The third kappa shape index (κ3) is 2.49. The second-order valence-corrected chi connectivity index (χ2v) is 7.22. The van der Waals surface area contributed by atoms with Gasteiger partial charge in [0.2, 0.25) is 5.91 Å². The van der Waals surface area contributed by atoms with Crippen molar-refractivity contribution in [3.05, 3.63) is 48.0 Å². The fraction of sp³-hybridized carbons (Fsp3) is 0.500. The number of esters is 1. The number of ether oxygens (including phenoxy) is 2. The monoisotopic (exact) mass is 341 g/mol. The zero-order valence-electron chi connectivity index (χ0n) is 14.6. The van der Waals surface area contributed by atoms with E-state index in [1.165, 1.54) is 0 Å². The van der Waals surface area contributed by atoms with Crippen LogP contribution < -0.4 is 0 Å². The molecule has 4 rings (SSSR count). The summed E-state index contributed by atoms with van der Waals surface area (Å²) in [7, 11) is 0. The summed E-state index contributed by atoms with van der Waals surface area (Å²) >= 11 is 0. The Morgan fingerprint density at radius 1 is 1.40 bits per heavy atom. The van der Waals surface area contributed by atoms with Gasteiger partial charge in [-0.05, 0) is 18.9 Å². The summed E-state index contributed by atoms with van der Waals surface area (Å²) < 4.78 is 11.6. The molecule has 1 aromatic rings. The maximum absolute atomic E-state index is 13.0. The molecule has 2 bridgehead atoms. The Kier molecular flexibility index (Phi) is 3.91. The molecule has 0 aliphatic carbocycles. The highest BCUT2D eigenvalue weighted by Gasteiger charge is 2.67. The van der Waals surface area contributed by atoms with Crippen LogP contribution in [0.1, 0.15) is 25.8 Å². The van der Waals surface area contributed by atoms with Gasteiger partial charge in [0.15, 0.2) is 0 Å². The van der Waals surface area contributed by atoms with E-state index < -0.39 is 17.4 Å². The Morgan fingerprint density at radius 2 is 2.16 bits per heavy atom. The maximum Gasteiger partial charge on any atom is 0.313 e. The van der Waals surface area contributed by atoms with Gasteiger partial charge in [-0.15, -0.1) is 0 Å². The summed E-state index contributed by atoms with van der Waals surface area (Å²) in [5.41, 5.74) is 0.283. The van der Waals surface area contributed by atoms with Crippen LogP contribution in [0, 0.1) is 11.8 Å². The summed E-state index contributed by atoms with van der Waals surface area (Å²) in [5.74, 6) is -1.33. The molecule has 2 fully saturated rings. The van der Waals surface area contributed by atoms with Crippen molar-refractivity contribution in [2.75, 3.05) is 6.54 Å². The number of rotatable bonds is 5. The van der Waals surface area contributed by atoms with Gasteiger partial charge in [-0.25, -0.2) is 0 Å². The second-order valence-electron chi connectivity index (χ2n) is 7.22. The molecule has 0 radical (unpaired) electrons. The van der Waals surface area contributed by atoms with Gasteiger partial charge in [0, 0.05) is 6.04 Å². The van der Waals surface area contributed by atoms with Gasteiger partial charge in [-0.2, -0.15) is 0 Å². The van der Waals surface area contributed by atoms with Crippen LogP contribution in [-0.2, 0) is 25.7 Å². The van der Waals surface area contributed by atoms with E-state index in [0.717, 1.165) is 12.0 Å². The SMILES string of the molecule is CC[C@H](C)N1C[C@]23C=C[C@@H](O2)[C@H](C(=O)OCc2ccccc2)[C@@H]3C1=O. The average molecular weight is 341 g/mol. The molecule has 0 aromatic heterocycles. The first-order valence-electron chi connectivity index (χ1n) is 8.94. The van der Waals surface area contributed by atoms with Crippen LogP contribution in [0.25, 0.3) is 0 Å². The predicted octanol–water partition coefficient (Wildman–Crippen LogP) is 2.31. The van der Waals surface area contributed by atoms with Gasteiger partial charge in [-0.1, -0.05) is 49.4 Å². The zero-order valence-corrected chi connectivity index (χ0v) is 14.6. The van der Waals surface area contributed by atoms with Crippen molar-refractivity contribution in [2.45, 2.75) is 44.6 Å². The van der Waals surface area contributed by atoms with Gasteiger partial charge in [0.25, 0.3) is 0 Å². The van der Waals surface area contributed by atoms with Gasteiger partial charge >= 0.3 is 5.97 Å². The molecular weight excluding hydrogens is 318 g/mol.